The summed E-state index contributed by atoms with van der Waals surface area (Å²) in [6.07, 6.45) is 3.67. The fraction of sp³-hybridized carbons (Fsp3) is 0.667. The molecule has 5 N–H and O–H groups in total. The zero-order chi connectivity index (χ0) is 12.8. The van der Waals surface area contributed by atoms with E-state index in [-0.39, 0.29) is 12.6 Å². The standard InChI is InChI=1S/C12H24N4O/c1-10(13)3-4-12(14)16-7-5-15(6-8-16)11(2)9-17/h3-4,11,17H,5-9,13-14H2,1-2H3/b10-3-,12-4+. The summed E-state index contributed by atoms with van der Waals surface area (Å²) >= 11 is 0. The number of nitrogens with zero attached hydrogens (tertiary/aromatic N) is 2. The molecule has 5 nitrogen and oxygen atoms in total. The molecule has 0 amide bonds. The Balaban J connectivity index is 2.46. The van der Waals surface area contributed by atoms with E-state index in [1.807, 2.05) is 26.0 Å². The van der Waals surface area contributed by atoms with Gasteiger partial charge in [0.1, 0.15) is 0 Å². The third-order valence-corrected chi connectivity index (χ3v) is 3.08. The van der Waals surface area contributed by atoms with E-state index in [0.717, 1.165) is 37.7 Å². The quantitative estimate of drug-likeness (QED) is 0.585. The lowest BCUT2D eigenvalue weighted by Crippen LogP contribution is -2.50. The summed E-state index contributed by atoms with van der Waals surface area (Å²) in [6, 6.07) is 0.230. The normalized spacial score (nSPS) is 21.7. The molecule has 1 atom stereocenters. The van der Waals surface area contributed by atoms with Gasteiger partial charge in [-0.05, 0) is 26.0 Å². The van der Waals surface area contributed by atoms with Crippen molar-refractivity contribution in [3.63, 3.8) is 0 Å². The molecule has 0 aliphatic carbocycles. The van der Waals surface area contributed by atoms with Gasteiger partial charge < -0.3 is 21.5 Å². The highest BCUT2D eigenvalue weighted by Crippen LogP contribution is 2.08. The molecule has 0 saturated carbocycles. The smallest absolute Gasteiger partial charge is 0.0987 e. The molecular weight excluding hydrogens is 216 g/mol. The zero-order valence-electron chi connectivity index (χ0n) is 10.8. The molecule has 1 heterocycles. The zero-order valence-corrected chi connectivity index (χ0v) is 10.8. The van der Waals surface area contributed by atoms with Gasteiger partial charge in [0.15, 0.2) is 0 Å². The number of aliphatic hydroxyl groups excluding tert-OH is 1. The Kier molecular flexibility index (Phi) is 5.31. The molecule has 5 heteroatoms. The fourth-order valence-corrected chi connectivity index (χ4v) is 1.86. The molecule has 1 saturated heterocycles. The first-order chi connectivity index (χ1) is 8.04. The lowest BCUT2D eigenvalue weighted by atomic mass is 10.2. The third kappa shape index (κ3) is 4.28. The number of hydrogen-bond donors (Lipinski definition) is 3. The minimum Gasteiger partial charge on any atom is -0.402 e. The van der Waals surface area contributed by atoms with E-state index in [2.05, 4.69) is 9.80 Å². The maximum absolute atomic E-state index is 9.09. The van der Waals surface area contributed by atoms with Gasteiger partial charge in [-0.15, -0.1) is 0 Å². The van der Waals surface area contributed by atoms with Crippen LogP contribution < -0.4 is 11.5 Å². The Morgan fingerprint density at radius 1 is 1.24 bits per heavy atom. The van der Waals surface area contributed by atoms with Gasteiger partial charge in [0.25, 0.3) is 0 Å². The van der Waals surface area contributed by atoms with E-state index in [0.29, 0.717) is 0 Å². The first-order valence-corrected chi connectivity index (χ1v) is 6.04. The van der Waals surface area contributed by atoms with E-state index in [1.54, 1.807) is 0 Å². The molecule has 0 radical (unpaired) electrons. The monoisotopic (exact) mass is 240 g/mol. The van der Waals surface area contributed by atoms with Crippen LogP contribution in [0.15, 0.2) is 23.7 Å². The predicted molar refractivity (Wildman–Crippen MR) is 69.9 cm³/mol. The van der Waals surface area contributed by atoms with Gasteiger partial charge in [-0.1, -0.05) is 0 Å². The third-order valence-electron chi connectivity index (χ3n) is 3.08. The van der Waals surface area contributed by atoms with Crippen molar-refractivity contribution >= 4 is 0 Å². The highest BCUT2D eigenvalue weighted by molar-refractivity contribution is 5.12. The predicted octanol–water partition coefficient (Wildman–Crippen LogP) is -0.353. The summed E-state index contributed by atoms with van der Waals surface area (Å²) in [7, 11) is 0. The van der Waals surface area contributed by atoms with Crippen LogP contribution in [-0.2, 0) is 0 Å². The topological polar surface area (TPSA) is 78.8 Å². The summed E-state index contributed by atoms with van der Waals surface area (Å²) in [5.41, 5.74) is 12.3. The minimum absolute atomic E-state index is 0.209. The van der Waals surface area contributed by atoms with Gasteiger partial charge in [-0.25, -0.2) is 0 Å². The van der Waals surface area contributed by atoms with Crippen LogP contribution in [0.3, 0.4) is 0 Å². The molecule has 1 rings (SSSR count). The van der Waals surface area contributed by atoms with E-state index >= 15 is 0 Å². The molecule has 0 aromatic rings. The summed E-state index contributed by atoms with van der Waals surface area (Å²) in [6.45, 7) is 7.73. The lowest BCUT2D eigenvalue weighted by Gasteiger charge is -2.38. The minimum atomic E-state index is 0.209. The Bertz CT molecular complexity index is 289. The van der Waals surface area contributed by atoms with Crippen molar-refractivity contribution in [1.29, 1.82) is 0 Å². The number of nitrogens with two attached hydrogens (primary N) is 2. The Morgan fingerprint density at radius 3 is 2.29 bits per heavy atom. The second-order valence-electron chi connectivity index (χ2n) is 4.56. The molecule has 0 aromatic carbocycles. The summed E-state index contributed by atoms with van der Waals surface area (Å²) in [4.78, 5) is 4.41. The van der Waals surface area contributed by atoms with Crippen LogP contribution in [0.5, 0.6) is 0 Å². The van der Waals surface area contributed by atoms with Crippen molar-refractivity contribution in [1.82, 2.24) is 9.80 Å². The molecule has 98 valence electrons. The van der Waals surface area contributed by atoms with Crippen LogP contribution in [-0.4, -0.2) is 53.7 Å². The van der Waals surface area contributed by atoms with Crippen molar-refractivity contribution in [2.75, 3.05) is 32.8 Å². The number of aliphatic hydroxyl groups is 1. The van der Waals surface area contributed by atoms with Crippen LogP contribution >= 0.6 is 0 Å². The van der Waals surface area contributed by atoms with E-state index in [4.69, 9.17) is 16.6 Å². The average molecular weight is 240 g/mol. The molecule has 1 aliphatic rings. The maximum atomic E-state index is 9.09. The summed E-state index contributed by atoms with van der Waals surface area (Å²) < 4.78 is 0. The van der Waals surface area contributed by atoms with E-state index in [9.17, 15) is 0 Å². The van der Waals surface area contributed by atoms with E-state index in [1.165, 1.54) is 0 Å². The number of piperazine rings is 1. The average Bonchev–Trinajstić information content (AvgIpc) is 2.35. The molecule has 0 aromatic heterocycles. The second kappa shape index (κ2) is 6.51. The van der Waals surface area contributed by atoms with Crippen LogP contribution in [0.1, 0.15) is 13.8 Å². The Labute approximate surface area is 103 Å². The molecular formula is C12H24N4O. The number of rotatable bonds is 4. The molecule has 1 unspecified atom stereocenters. The first-order valence-electron chi connectivity index (χ1n) is 6.04. The van der Waals surface area contributed by atoms with Crippen molar-refractivity contribution in [3.8, 4) is 0 Å². The molecule has 1 aliphatic heterocycles. The highest BCUT2D eigenvalue weighted by Gasteiger charge is 2.20. The number of hydrogen-bond acceptors (Lipinski definition) is 5. The van der Waals surface area contributed by atoms with Gasteiger partial charge in [-0.3, -0.25) is 4.90 Å². The van der Waals surface area contributed by atoms with Crippen LogP contribution in [0, 0.1) is 0 Å². The second-order valence-corrected chi connectivity index (χ2v) is 4.56. The van der Waals surface area contributed by atoms with Gasteiger partial charge in [0, 0.05) is 37.9 Å². The molecule has 0 bridgehead atoms. The van der Waals surface area contributed by atoms with Crippen molar-refractivity contribution in [2.24, 2.45) is 11.5 Å². The Hall–Kier alpha value is -1.20. The molecule has 0 spiro atoms. The van der Waals surface area contributed by atoms with Crippen LogP contribution in [0.4, 0.5) is 0 Å². The lowest BCUT2D eigenvalue weighted by molar-refractivity contribution is 0.0859. The highest BCUT2D eigenvalue weighted by atomic mass is 16.3. The van der Waals surface area contributed by atoms with Gasteiger partial charge in [0.05, 0.1) is 12.4 Å². The summed E-state index contributed by atoms with van der Waals surface area (Å²) in [5, 5.41) is 9.09. The SMILES string of the molecule is C/C(N)=C/C=C(\N)N1CCN(C(C)CO)CC1. The molecule has 1 fully saturated rings. The largest absolute Gasteiger partial charge is 0.402 e. The number of allylic oxidation sites excluding steroid dienone is 3. The van der Waals surface area contributed by atoms with Gasteiger partial charge in [-0.2, -0.15) is 0 Å². The van der Waals surface area contributed by atoms with Crippen molar-refractivity contribution < 1.29 is 5.11 Å². The van der Waals surface area contributed by atoms with Crippen molar-refractivity contribution in [3.05, 3.63) is 23.7 Å². The van der Waals surface area contributed by atoms with E-state index < -0.39 is 0 Å². The maximum Gasteiger partial charge on any atom is 0.0987 e. The first kappa shape index (κ1) is 13.9. The van der Waals surface area contributed by atoms with Gasteiger partial charge in [0.2, 0.25) is 0 Å². The fourth-order valence-electron chi connectivity index (χ4n) is 1.86. The van der Waals surface area contributed by atoms with Crippen LogP contribution in [0.2, 0.25) is 0 Å². The Morgan fingerprint density at radius 2 is 1.82 bits per heavy atom. The van der Waals surface area contributed by atoms with Crippen molar-refractivity contribution in [2.45, 2.75) is 19.9 Å². The van der Waals surface area contributed by atoms with Gasteiger partial charge >= 0.3 is 0 Å². The molecule has 17 heavy (non-hydrogen) atoms. The van der Waals surface area contributed by atoms with Crippen LogP contribution in [0.25, 0.3) is 0 Å². The summed E-state index contributed by atoms with van der Waals surface area (Å²) in [5.74, 6) is 0.756.